The molecule has 0 unspecified atom stereocenters. The molecule has 116 valence electrons. The summed E-state index contributed by atoms with van der Waals surface area (Å²) in [5.74, 6) is 0.374. The number of rotatable bonds is 5. The summed E-state index contributed by atoms with van der Waals surface area (Å²) in [5, 5.41) is 38.4. The molecule has 0 aromatic heterocycles. The van der Waals surface area contributed by atoms with Crippen LogP contribution >= 0.6 is 0 Å². The van der Waals surface area contributed by atoms with E-state index in [0.717, 1.165) is 0 Å². The molecule has 1 aromatic rings. The van der Waals surface area contributed by atoms with Crippen LogP contribution in [0, 0.1) is 10.1 Å². The summed E-state index contributed by atoms with van der Waals surface area (Å²) in [6.45, 7) is -0.591. The average molecular weight is 301 g/mol. The van der Waals surface area contributed by atoms with Gasteiger partial charge in [-0.15, -0.1) is 10.1 Å². The van der Waals surface area contributed by atoms with Crippen LogP contribution in [0.5, 0.6) is 5.75 Å². The van der Waals surface area contributed by atoms with E-state index < -0.39 is 42.4 Å². The van der Waals surface area contributed by atoms with Gasteiger partial charge in [0.1, 0.15) is 36.8 Å². The highest BCUT2D eigenvalue weighted by Crippen LogP contribution is 2.24. The normalized spacial score (nSPS) is 32.4. The second kappa shape index (κ2) is 6.68. The third-order valence-corrected chi connectivity index (χ3v) is 3.01. The highest BCUT2D eigenvalue weighted by Gasteiger charge is 2.45. The monoisotopic (exact) mass is 301 g/mol. The molecule has 1 saturated heterocycles. The largest absolute Gasteiger partial charge is 0.462 e. The van der Waals surface area contributed by atoms with Crippen molar-refractivity contribution in [3.05, 3.63) is 40.4 Å². The highest BCUT2D eigenvalue weighted by atomic mass is 17.0. The Kier molecular flexibility index (Phi) is 4.91. The fraction of sp³-hybridized carbons (Fsp3) is 0.500. The second-order valence-electron chi connectivity index (χ2n) is 4.46. The molecule has 3 N–H and O–H groups in total. The quantitative estimate of drug-likeness (QED) is 0.470. The van der Waals surface area contributed by atoms with Crippen LogP contribution in [0.1, 0.15) is 0 Å². The Morgan fingerprint density at radius 3 is 2.43 bits per heavy atom. The summed E-state index contributed by atoms with van der Waals surface area (Å²) in [6.07, 6.45) is -7.11. The van der Waals surface area contributed by atoms with E-state index >= 15 is 0 Å². The topological polar surface area (TPSA) is 132 Å². The van der Waals surface area contributed by atoms with Crippen molar-refractivity contribution in [2.75, 3.05) is 6.61 Å². The predicted molar refractivity (Wildman–Crippen MR) is 66.7 cm³/mol. The lowest BCUT2D eigenvalue weighted by Crippen LogP contribution is -2.60. The summed E-state index contributed by atoms with van der Waals surface area (Å²) in [5.41, 5.74) is 0. The lowest BCUT2D eigenvalue weighted by atomic mass is 9.99. The summed E-state index contributed by atoms with van der Waals surface area (Å²) >= 11 is 0. The van der Waals surface area contributed by atoms with Crippen LogP contribution in [0.25, 0.3) is 0 Å². The predicted octanol–water partition coefficient (Wildman–Crippen LogP) is -0.919. The second-order valence-corrected chi connectivity index (χ2v) is 4.46. The molecule has 0 saturated carbocycles. The van der Waals surface area contributed by atoms with Crippen LogP contribution < -0.4 is 4.74 Å². The van der Waals surface area contributed by atoms with Crippen molar-refractivity contribution in [2.24, 2.45) is 0 Å². The van der Waals surface area contributed by atoms with Crippen molar-refractivity contribution in [2.45, 2.75) is 30.7 Å². The maximum absolute atomic E-state index is 10.2. The Bertz CT molecular complexity index is 470. The van der Waals surface area contributed by atoms with Crippen LogP contribution in [-0.4, -0.2) is 57.7 Å². The van der Waals surface area contributed by atoms with Crippen molar-refractivity contribution in [1.29, 1.82) is 0 Å². The average Bonchev–Trinajstić information content (AvgIpc) is 2.47. The minimum atomic E-state index is -1.58. The van der Waals surface area contributed by atoms with E-state index in [9.17, 15) is 25.4 Å². The maximum Gasteiger partial charge on any atom is 0.294 e. The van der Waals surface area contributed by atoms with Gasteiger partial charge in [0, 0.05) is 0 Å². The zero-order valence-electron chi connectivity index (χ0n) is 10.8. The van der Waals surface area contributed by atoms with Crippen LogP contribution in [-0.2, 0) is 9.57 Å². The molecule has 0 radical (unpaired) electrons. The van der Waals surface area contributed by atoms with Gasteiger partial charge in [-0.2, -0.15) is 0 Å². The highest BCUT2D eigenvalue weighted by molar-refractivity contribution is 5.21. The third kappa shape index (κ3) is 3.79. The number of hydrogen-bond acceptors (Lipinski definition) is 8. The van der Waals surface area contributed by atoms with Gasteiger partial charge >= 0.3 is 0 Å². The Labute approximate surface area is 119 Å². The fourth-order valence-corrected chi connectivity index (χ4v) is 1.92. The van der Waals surface area contributed by atoms with E-state index in [1.54, 1.807) is 30.3 Å². The molecule has 0 aliphatic carbocycles. The number of aliphatic hydroxyl groups excluding tert-OH is 3. The summed E-state index contributed by atoms with van der Waals surface area (Å²) in [4.78, 5) is 14.3. The minimum absolute atomic E-state index is 0.374. The van der Waals surface area contributed by atoms with E-state index in [1.165, 1.54) is 0 Å². The van der Waals surface area contributed by atoms with Crippen molar-refractivity contribution >= 4 is 0 Å². The molecule has 1 fully saturated rings. The molecule has 0 bridgehead atoms. The van der Waals surface area contributed by atoms with E-state index in [1.807, 2.05) is 0 Å². The van der Waals surface area contributed by atoms with Gasteiger partial charge in [0.25, 0.3) is 5.09 Å². The number of hydrogen-bond donors (Lipinski definition) is 3. The smallest absolute Gasteiger partial charge is 0.294 e. The molecule has 9 nitrogen and oxygen atoms in total. The number of aliphatic hydroxyl groups is 3. The number of nitrogens with zero attached hydrogens (tertiary/aromatic N) is 1. The summed E-state index contributed by atoms with van der Waals surface area (Å²) in [7, 11) is 0. The summed E-state index contributed by atoms with van der Waals surface area (Å²) < 4.78 is 10.6. The molecule has 0 spiro atoms. The maximum atomic E-state index is 10.2. The van der Waals surface area contributed by atoms with Crippen molar-refractivity contribution < 1.29 is 34.7 Å². The van der Waals surface area contributed by atoms with Crippen molar-refractivity contribution in [1.82, 2.24) is 0 Å². The van der Waals surface area contributed by atoms with Crippen LogP contribution in [0.3, 0.4) is 0 Å². The van der Waals surface area contributed by atoms with E-state index in [-0.39, 0.29) is 0 Å². The molecule has 0 amide bonds. The first-order valence-corrected chi connectivity index (χ1v) is 6.17. The standard InChI is InChI=1S/C12H15NO8/c14-9-8(6-19-13(17)18)21-12(11(16)10(9)15)20-7-4-2-1-3-5-7/h1-5,8-12,14-16H,6H2/t8-,9-,10+,11+,12+/m1/s1. The van der Waals surface area contributed by atoms with Crippen molar-refractivity contribution in [3.63, 3.8) is 0 Å². The molecular formula is C12H15NO8. The number of para-hydroxylation sites is 1. The Hall–Kier alpha value is -1.94. The van der Waals surface area contributed by atoms with E-state index in [2.05, 4.69) is 4.84 Å². The zero-order chi connectivity index (χ0) is 15.4. The van der Waals surface area contributed by atoms with Gasteiger partial charge in [-0.25, -0.2) is 0 Å². The Morgan fingerprint density at radius 2 is 1.81 bits per heavy atom. The van der Waals surface area contributed by atoms with Gasteiger partial charge in [-0.3, -0.25) is 0 Å². The first-order chi connectivity index (χ1) is 9.99. The molecule has 5 atom stereocenters. The van der Waals surface area contributed by atoms with E-state index in [4.69, 9.17) is 9.47 Å². The fourth-order valence-electron chi connectivity index (χ4n) is 1.92. The number of ether oxygens (including phenoxy) is 2. The van der Waals surface area contributed by atoms with E-state index in [0.29, 0.717) is 5.75 Å². The molecule has 21 heavy (non-hydrogen) atoms. The Balaban J connectivity index is 2.04. The summed E-state index contributed by atoms with van der Waals surface area (Å²) in [6, 6.07) is 8.37. The zero-order valence-corrected chi connectivity index (χ0v) is 10.8. The molecule has 2 rings (SSSR count). The lowest BCUT2D eigenvalue weighted by molar-refractivity contribution is -0.760. The van der Waals surface area contributed by atoms with Crippen molar-refractivity contribution in [3.8, 4) is 5.75 Å². The van der Waals surface area contributed by atoms with Crippen LogP contribution in [0.4, 0.5) is 0 Å². The first-order valence-electron chi connectivity index (χ1n) is 6.17. The van der Waals surface area contributed by atoms with Gasteiger partial charge in [-0.05, 0) is 12.1 Å². The molecule has 1 aromatic carbocycles. The molecular weight excluding hydrogens is 286 g/mol. The SMILES string of the molecule is O=[N+]([O-])OC[C@H]1O[C@H](Oc2ccccc2)[C@@H](O)[C@@H](O)[C@@H]1O. The Morgan fingerprint density at radius 1 is 1.14 bits per heavy atom. The van der Waals surface area contributed by atoms with Gasteiger partial charge in [0.15, 0.2) is 0 Å². The van der Waals surface area contributed by atoms with Gasteiger partial charge in [0.2, 0.25) is 6.29 Å². The lowest BCUT2D eigenvalue weighted by Gasteiger charge is -2.39. The molecule has 9 heteroatoms. The first kappa shape index (κ1) is 15.4. The molecule has 1 aliphatic rings. The minimum Gasteiger partial charge on any atom is -0.462 e. The third-order valence-electron chi connectivity index (χ3n) is 3.01. The molecule has 1 heterocycles. The van der Waals surface area contributed by atoms with Gasteiger partial charge < -0.3 is 29.6 Å². The number of benzene rings is 1. The van der Waals surface area contributed by atoms with Crippen LogP contribution in [0.2, 0.25) is 0 Å². The van der Waals surface area contributed by atoms with Crippen LogP contribution in [0.15, 0.2) is 30.3 Å². The van der Waals surface area contributed by atoms with Gasteiger partial charge in [-0.1, -0.05) is 18.2 Å². The molecule has 1 aliphatic heterocycles. The van der Waals surface area contributed by atoms with Gasteiger partial charge in [0.05, 0.1) is 0 Å².